The van der Waals surface area contributed by atoms with E-state index < -0.39 is 0 Å². The summed E-state index contributed by atoms with van der Waals surface area (Å²) in [6.45, 7) is 3.64. The standard InChI is InChI=1S/C19H25ClO2/c1-2-3-14-12-21-19(22-13-14)17-6-4-15(5-7-17)16-8-10-18(20)11-9-16/h2-3,8-11,14-15,17,19H,4-7,12-13H2,1H3/t14-,15-,17-,19-. The number of allylic oxidation sites excluding steroid dienone is 1. The molecule has 0 unspecified atom stereocenters. The van der Waals surface area contributed by atoms with Gasteiger partial charge in [0, 0.05) is 16.9 Å². The maximum Gasteiger partial charge on any atom is 0.160 e. The lowest BCUT2D eigenvalue weighted by Crippen LogP contribution is -2.37. The lowest BCUT2D eigenvalue weighted by Gasteiger charge is -2.37. The molecule has 2 fully saturated rings. The van der Waals surface area contributed by atoms with E-state index >= 15 is 0 Å². The molecule has 3 rings (SSSR count). The molecule has 3 heteroatoms. The molecule has 1 saturated heterocycles. The lowest BCUT2D eigenvalue weighted by atomic mass is 9.78. The number of halogens is 1. The summed E-state index contributed by atoms with van der Waals surface area (Å²) in [4.78, 5) is 0. The summed E-state index contributed by atoms with van der Waals surface area (Å²) in [6.07, 6.45) is 9.07. The van der Waals surface area contributed by atoms with Gasteiger partial charge >= 0.3 is 0 Å². The third-order valence-corrected chi connectivity index (χ3v) is 5.16. The fraction of sp³-hybridized carbons (Fsp3) is 0.579. The summed E-state index contributed by atoms with van der Waals surface area (Å²) in [5.74, 6) is 1.63. The Morgan fingerprint density at radius 2 is 1.64 bits per heavy atom. The van der Waals surface area contributed by atoms with Crippen LogP contribution in [0.1, 0.15) is 44.1 Å². The molecule has 1 aliphatic carbocycles. The predicted molar refractivity (Wildman–Crippen MR) is 90.1 cm³/mol. The Labute approximate surface area is 138 Å². The third kappa shape index (κ3) is 3.92. The maximum absolute atomic E-state index is 5.97. The van der Waals surface area contributed by atoms with Crippen LogP contribution in [-0.4, -0.2) is 19.5 Å². The summed E-state index contributed by atoms with van der Waals surface area (Å²) in [5.41, 5.74) is 1.42. The molecule has 0 radical (unpaired) electrons. The van der Waals surface area contributed by atoms with E-state index in [-0.39, 0.29) is 6.29 Å². The quantitative estimate of drug-likeness (QED) is 0.714. The third-order valence-electron chi connectivity index (χ3n) is 4.91. The average molecular weight is 321 g/mol. The van der Waals surface area contributed by atoms with E-state index in [0.29, 0.717) is 17.8 Å². The van der Waals surface area contributed by atoms with E-state index in [1.54, 1.807) is 0 Å². The van der Waals surface area contributed by atoms with Crippen molar-refractivity contribution in [2.24, 2.45) is 11.8 Å². The normalized spacial score (nSPS) is 33.2. The summed E-state index contributed by atoms with van der Waals surface area (Å²) in [7, 11) is 0. The molecule has 0 N–H and O–H groups in total. The first-order valence-electron chi connectivity index (χ1n) is 8.37. The van der Waals surface area contributed by atoms with Gasteiger partial charge in [-0.25, -0.2) is 0 Å². The van der Waals surface area contributed by atoms with Gasteiger partial charge in [-0.05, 0) is 56.2 Å². The van der Waals surface area contributed by atoms with Crippen LogP contribution in [0.3, 0.4) is 0 Å². The molecule has 0 spiro atoms. The second-order valence-corrected chi connectivity index (χ2v) is 6.92. The van der Waals surface area contributed by atoms with Crippen LogP contribution >= 0.6 is 11.6 Å². The van der Waals surface area contributed by atoms with Gasteiger partial charge in [0.2, 0.25) is 0 Å². The maximum atomic E-state index is 5.97. The van der Waals surface area contributed by atoms with Crippen LogP contribution in [0, 0.1) is 11.8 Å². The van der Waals surface area contributed by atoms with Gasteiger partial charge < -0.3 is 9.47 Å². The van der Waals surface area contributed by atoms with Crippen molar-refractivity contribution < 1.29 is 9.47 Å². The number of hydrogen-bond donors (Lipinski definition) is 0. The molecule has 0 bridgehead atoms. The molecule has 22 heavy (non-hydrogen) atoms. The molecular formula is C19H25ClO2. The highest BCUT2D eigenvalue weighted by molar-refractivity contribution is 6.30. The van der Waals surface area contributed by atoms with Crippen LogP contribution < -0.4 is 0 Å². The van der Waals surface area contributed by atoms with Crippen molar-refractivity contribution in [2.75, 3.05) is 13.2 Å². The molecule has 1 saturated carbocycles. The summed E-state index contributed by atoms with van der Waals surface area (Å²) in [6, 6.07) is 8.33. The minimum Gasteiger partial charge on any atom is -0.352 e. The number of benzene rings is 1. The van der Waals surface area contributed by atoms with Crippen molar-refractivity contribution in [3.8, 4) is 0 Å². The topological polar surface area (TPSA) is 18.5 Å². The van der Waals surface area contributed by atoms with Crippen LogP contribution in [0.4, 0.5) is 0 Å². The highest BCUT2D eigenvalue weighted by atomic mass is 35.5. The van der Waals surface area contributed by atoms with Gasteiger partial charge in [0.1, 0.15) is 0 Å². The number of ether oxygens (including phenoxy) is 2. The molecule has 1 aliphatic heterocycles. The van der Waals surface area contributed by atoms with E-state index in [4.69, 9.17) is 21.1 Å². The minimum absolute atomic E-state index is 0.00711. The van der Waals surface area contributed by atoms with Gasteiger partial charge in [0.25, 0.3) is 0 Å². The molecule has 120 valence electrons. The zero-order valence-electron chi connectivity index (χ0n) is 13.2. The summed E-state index contributed by atoms with van der Waals surface area (Å²) >= 11 is 5.97. The van der Waals surface area contributed by atoms with Gasteiger partial charge in [-0.1, -0.05) is 35.9 Å². The molecule has 0 aromatic heterocycles. The molecule has 1 aromatic rings. The van der Waals surface area contributed by atoms with Crippen LogP contribution in [-0.2, 0) is 9.47 Å². The Morgan fingerprint density at radius 1 is 1.00 bits per heavy atom. The highest BCUT2D eigenvalue weighted by Gasteiger charge is 2.32. The monoisotopic (exact) mass is 320 g/mol. The van der Waals surface area contributed by atoms with E-state index in [1.807, 2.05) is 19.1 Å². The first kappa shape index (κ1) is 16.0. The lowest BCUT2D eigenvalue weighted by molar-refractivity contribution is -0.222. The largest absolute Gasteiger partial charge is 0.352 e. The Kier molecular flexibility index (Phi) is 5.56. The summed E-state index contributed by atoms with van der Waals surface area (Å²) in [5, 5.41) is 0.817. The van der Waals surface area contributed by atoms with Crippen LogP contribution in [0.5, 0.6) is 0 Å². The molecule has 2 aliphatic rings. The molecule has 1 aromatic carbocycles. The molecule has 2 nitrogen and oxygen atoms in total. The van der Waals surface area contributed by atoms with Gasteiger partial charge in [-0.2, -0.15) is 0 Å². The fourth-order valence-electron chi connectivity index (χ4n) is 3.65. The Bertz CT molecular complexity index is 481. The van der Waals surface area contributed by atoms with Crippen molar-refractivity contribution in [2.45, 2.75) is 44.8 Å². The smallest absolute Gasteiger partial charge is 0.160 e. The van der Waals surface area contributed by atoms with Crippen molar-refractivity contribution in [3.05, 3.63) is 47.0 Å². The second kappa shape index (κ2) is 7.63. The van der Waals surface area contributed by atoms with Crippen molar-refractivity contribution >= 4 is 11.6 Å². The van der Waals surface area contributed by atoms with E-state index in [1.165, 1.54) is 31.2 Å². The van der Waals surface area contributed by atoms with E-state index in [2.05, 4.69) is 24.3 Å². The van der Waals surface area contributed by atoms with Crippen LogP contribution in [0.25, 0.3) is 0 Å². The molecule has 1 heterocycles. The Balaban J connectivity index is 1.49. The van der Waals surface area contributed by atoms with Gasteiger partial charge in [0.15, 0.2) is 6.29 Å². The molecular weight excluding hydrogens is 296 g/mol. The van der Waals surface area contributed by atoms with Gasteiger partial charge in [-0.3, -0.25) is 0 Å². The average Bonchev–Trinajstić information content (AvgIpc) is 2.57. The summed E-state index contributed by atoms with van der Waals surface area (Å²) < 4.78 is 11.9. The predicted octanol–water partition coefficient (Wildman–Crippen LogP) is 5.18. The number of hydrogen-bond acceptors (Lipinski definition) is 2. The van der Waals surface area contributed by atoms with Gasteiger partial charge in [-0.15, -0.1) is 0 Å². The zero-order chi connectivity index (χ0) is 15.4. The zero-order valence-corrected chi connectivity index (χ0v) is 14.0. The molecule has 0 amide bonds. The Morgan fingerprint density at radius 3 is 2.23 bits per heavy atom. The highest BCUT2D eigenvalue weighted by Crippen LogP contribution is 2.39. The minimum atomic E-state index is 0.00711. The number of rotatable bonds is 3. The van der Waals surface area contributed by atoms with Crippen molar-refractivity contribution in [3.63, 3.8) is 0 Å². The van der Waals surface area contributed by atoms with Crippen LogP contribution in [0.15, 0.2) is 36.4 Å². The molecule has 0 atom stereocenters. The van der Waals surface area contributed by atoms with E-state index in [9.17, 15) is 0 Å². The second-order valence-electron chi connectivity index (χ2n) is 6.48. The first-order chi connectivity index (χ1) is 10.8. The Hall–Kier alpha value is -0.830. The fourth-order valence-corrected chi connectivity index (χ4v) is 3.77. The first-order valence-corrected chi connectivity index (χ1v) is 8.75. The van der Waals surface area contributed by atoms with Crippen molar-refractivity contribution in [1.29, 1.82) is 0 Å². The van der Waals surface area contributed by atoms with Crippen molar-refractivity contribution in [1.82, 2.24) is 0 Å². The van der Waals surface area contributed by atoms with Crippen LogP contribution in [0.2, 0.25) is 5.02 Å². The SMILES string of the molecule is CC=C[C@H]1CO[C@H]([C@H]2CC[C@H](c3ccc(Cl)cc3)CC2)OC1. The van der Waals surface area contributed by atoms with E-state index in [0.717, 1.165) is 18.2 Å². The van der Waals surface area contributed by atoms with Gasteiger partial charge in [0.05, 0.1) is 13.2 Å².